The van der Waals surface area contributed by atoms with E-state index in [1.165, 1.54) is 0 Å². The van der Waals surface area contributed by atoms with Gasteiger partial charge in [0.25, 0.3) is 5.91 Å². The Kier molecular flexibility index (Phi) is 4.43. The van der Waals surface area contributed by atoms with Gasteiger partial charge in [0.1, 0.15) is 0 Å². The predicted octanol–water partition coefficient (Wildman–Crippen LogP) is 2.33. The van der Waals surface area contributed by atoms with E-state index in [1.54, 1.807) is 0 Å². The molecule has 104 valence electrons. The first kappa shape index (κ1) is 13.9. The molecule has 1 heterocycles. The van der Waals surface area contributed by atoms with Crippen molar-refractivity contribution in [2.24, 2.45) is 0 Å². The Morgan fingerprint density at radius 2 is 2.26 bits per heavy atom. The normalized spacial score (nSPS) is 22.3. The van der Waals surface area contributed by atoms with Gasteiger partial charge in [-0.2, -0.15) is 0 Å². The number of ether oxygens (including phenoxy) is 1. The van der Waals surface area contributed by atoms with Crippen LogP contribution in [-0.4, -0.2) is 31.2 Å². The highest BCUT2D eigenvalue weighted by Gasteiger charge is 2.24. The lowest BCUT2D eigenvalue weighted by molar-refractivity contribution is 0.0955. The first-order valence-corrected chi connectivity index (χ1v) is 6.88. The SMILES string of the molecule is CCNC(=O)c1ccc(NC2CCOC2C)c(C)c1. The van der Waals surface area contributed by atoms with Gasteiger partial charge in [-0.15, -0.1) is 0 Å². The zero-order chi connectivity index (χ0) is 13.8. The number of hydrogen-bond donors (Lipinski definition) is 2. The highest BCUT2D eigenvalue weighted by molar-refractivity contribution is 5.94. The van der Waals surface area contributed by atoms with E-state index in [9.17, 15) is 4.79 Å². The smallest absolute Gasteiger partial charge is 0.251 e. The molecule has 19 heavy (non-hydrogen) atoms. The van der Waals surface area contributed by atoms with Crippen molar-refractivity contribution < 1.29 is 9.53 Å². The van der Waals surface area contributed by atoms with Crippen molar-refractivity contribution in [3.63, 3.8) is 0 Å². The van der Waals surface area contributed by atoms with E-state index in [4.69, 9.17) is 4.74 Å². The van der Waals surface area contributed by atoms with Gasteiger partial charge in [-0.3, -0.25) is 4.79 Å². The molecule has 2 rings (SSSR count). The second-order valence-electron chi connectivity index (χ2n) is 5.00. The van der Waals surface area contributed by atoms with Crippen LogP contribution in [0.2, 0.25) is 0 Å². The molecule has 1 aliphatic heterocycles. The molecule has 2 N–H and O–H groups in total. The fraction of sp³-hybridized carbons (Fsp3) is 0.533. The fourth-order valence-electron chi connectivity index (χ4n) is 2.35. The van der Waals surface area contributed by atoms with Crippen LogP contribution in [0.25, 0.3) is 0 Å². The van der Waals surface area contributed by atoms with Gasteiger partial charge in [0.05, 0.1) is 12.1 Å². The molecule has 2 atom stereocenters. The topological polar surface area (TPSA) is 50.4 Å². The molecule has 0 saturated carbocycles. The lowest BCUT2D eigenvalue weighted by atomic mass is 10.1. The van der Waals surface area contributed by atoms with Crippen molar-refractivity contribution >= 4 is 11.6 Å². The van der Waals surface area contributed by atoms with E-state index >= 15 is 0 Å². The Hall–Kier alpha value is -1.55. The maximum atomic E-state index is 11.8. The van der Waals surface area contributed by atoms with E-state index in [2.05, 4.69) is 17.6 Å². The molecule has 1 fully saturated rings. The van der Waals surface area contributed by atoms with Gasteiger partial charge in [0.15, 0.2) is 0 Å². The summed E-state index contributed by atoms with van der Waals surface area (Å²) >= 11 is 0. The van der Waals surface area contributed by atoms with Crippen molar-refractivity contribution in [3.8, 4) is 0 Å². The third kappa shape index (κ3) is 3.26. The molecule has 1 aromatic rings. The maximum absolute atomic E-state index is 11.8. The molecule has 4 heteroatoms. The number of benzene rings is 1. The second-order valence-corrected chi connectivity index (χ2v) is 5.00. The van der Waals surface area contributed by atoms with Gasteiger partial charge in [0, 0.05) is 24.4 Å². The summed E-state index contributed by atoms with van der Waals surface area (Å²) in [5.41, 5.74) is 2.87. The fourth-order valence-corrected chi connectivity index (χ4v) is 2.35. The van der Waals surface area contributed by atoms with Crippen LogP contribution in [0.15, 0.2) is 18.2 Å². The van der Waals surface area contributed by atoms with Crippen molar-refractivity contribution in [2.45, 2.75) is 39.3 Å². The lowest BCUT2D eigenvalue weighted by Gasteiger charge is -2.19. The van der Waals surface area contributed by atoms with Crippen molar-refractivity contribution in [1.29, 1.82) is 0 Å². The first-order chi connectivity index (χ1) is 9.11. The number of anilines is 1. The number of hydrogen-bond acceptors (Lipinski definition) is 3. The van der Waals surface area contributed by atoms with Crippen LogP contribution < -0.4 is 10.6 Å². The van der Waals surface area contributed by atoms with Crippen LogP contribution in [0, 0.1) is 6.92 Å². The van der Waals surface area contributed by atoms with Gasteiger partial charge in [0.2, 0.25) is 0 Å². The Labute approximate surface area is 114 Å². The molecule has 2 unspecified atom stereocenters. The molecule has 4 nitrogen and oxygen atoms in total. The van der Waals surface area contributed by atoms with E-state index in [0.717, 1.165) is 24.3 Å². The number of amides is 1. The third-order valence-electron chi connectivity index (χ3n) is 3.54. The van der Waals surface area contributed by atoms with Crippen LogP contribution >= 0.6 is 0 Å². The van der Waals surface area contributed by atoms with Crippen LogP contribution in [-0.2, 0) is 4.74 Å². The van der Waals surface area contributed by atoms with Crippen LogP contribution in [0.1, 0.15) is 36.2 Å². The van der Waals surface area contributed by atoms with Crippen LogP contribution in [0.5, 0.6) is 0 Å². The minimum atomic E-state index is -0.0188. The number of carbonyl (C=O) groups excluding carboxylic acids is 1. The van der Waals surface area contributed by atoms with Crippen molar-refractivity contribution in [2.75, 3.05) is 18.5 Å². The molecule has 1 amide bonds. The Morgan fingerprint density at radius 1 is 1.47 bits per heavy atom. The number of nitrogens with one attached hydrogen (secondary N) is 2. The Balaban J connectivity index is 2.08. The molecule has 0 aliphatic carbocycles. The standard InChI is InChI=1S/C15H22N2O2/c1-4-16-15(18)12-5-6-13(10(2)9-12)17-14-7-8-19-11(14)3/h5-6,9,11,14,17H,4,7-8H2,1-3H3,(H,16,18). The zero-order valence-corrected chi connectivity index (χ0v) is 11.8. The molecule has 0 aromatic heterocycles. The summed E-state index contributed by atoms with van der Waals surface area (Å²) in [6.45, 7) is 7.49. The van der Waals surface area contributed by atoms with Crippen LogP contribution in [0.4, 0.5) is 5.69 Å². The maximum Gasteiger partial charge on any atom is 0.251 e. The number of rotatable bonds is 4. The van der Waals surface area contributed by atoms with Gasteiger partial charge in [-0.25, -0.2) is 0 Å². The number of aryl methyl sites for hydroxylation is 1. The molecule has 1 saturated heterocycles. The molecule has 0 bridgehead atoms. The lowest BCUT2D eigenvalue weighted by Crippen LogP contribution is -2.27. The van der Waals surface area contributed by atoms with Gasteiger partial charge < -0.3 is 15.4 Å². The van der Waals surface area contributed by atoms with E-state index in [0.29, 0.717) is 18.2 Å². The van der Waals surface area contributed by atoms with E-state index < -0.39 is 0 Å². The van der Waals surface area contributed by atoms with Gasteiger partial charge in [-0.1, -0.05) is 0 Å². The molecule has 1 aliphatic rings. The first-order valence-electron chi connectivity index (χ1n) is 6.88. The largest absolute Gasteiger partial charge is 0.379 e. The zero-order valence-electron chi connectivity index (χ0n) is 11.8. The summed E-state index contributed by atoms with van der Waals surface area (Å²) in [5, 5.41) is 6.31. The van der Waals surface area contributed by atoms with E-state index in [1.807, 2.05) is 32.0 Å². The molecule has 0 spiro atoms. The molecular formula is C15H22N2O2. The van der Waals surface area contributed by atoms with Crippen LogP contribution in [0.3, 0.4) is 0 Å². The second kappa shape index (κ2) is 6.06. The van der Waals surface area contributed by atoms with Gasteiger partial charge in [-0.05, 0) is 51.0 Å². The minimum Gasteiger partial charge on any atom is -0.379 e. The Morgan fingerprint density at radius 3 is 2.84 bits per heavy atom. The highest BCUT2D eigenvalue weighted by atomic mass is 16.5. The average molecular weight is 262 g/mol. The molecule has 0 radical (unpaired) electrons. The highest BCUT2D eigenvalue weighted by Crippen LogP contribution is 2.22. The summed E-state index contributed by atoms with van der Waals surface area (Å²) in [5.74, 6) is -0.0188. The Bertz CT molecular complexity index is 459. The number of carbonyl (C=O) groups is 1. The summed E-state index contributed by atoms with van der Waals surface area (Å²) in [7, 11) is 0. The van der Waals surface area contributed by atoms with Crippen molar-refractivity contribution in [3.05, 3.63) is 29.3 Å². The molecule has 1 aromatic carbocycles. The summed E-state index contributed by atoms with van der Waals surface area (Å²) in [4.78, 5) is 11.8. The quantitative estimate of drug-likeness (QED) is 0.875. The average Bonchev–Trinajstić information content (AvgIpc) is 2.78. The third-order valence-corrected chi connectivity index (χ3v) is 3.54. The summed E-state index contributed by atoms with van der Waals surface area (Å²) < 4.78 is 5.54. The monoisotopic (exact) mass is 262 g/mol. The van der Waals surface area contributed by atoms with Crippen molar-refractivity contribution in [1.82, 2.24) is 5.32 Å². The van der Waals surface area contributed by atoms with Gasteiger partial charge >= 0.3 is 0 Å². The minimum absolute atomic E-state index is 0.0188. The van der Waals surface area contributed by atoms with E-state index in [-0.39, 0.29) is 12.0 Å². The predicted molar refractivity (Wildman–Crippen MR) is 76.6 cm³/mol. The molecular weight excluding hydrogens is 240 g/mol. The summed E-state index contributed by atoms with van der Waals surface area (Å²) in [6.07, 6.45) is 1.26. The summed E-state index contributed by atoms with van der Waals surface area (Å²) in [6, 6.07) is 6.12.